The Morgan fingerprint density at radius 1 is 0.286 bits per heavy atom. The van der Waals surface area contributed by atoms with Gasteiger partial charge in [0.15, 0.2) is 5.82 Å². The second-order valence-electron chi connectivity index (χ2n) is 14.1. The largest absolute Gasteiger partial charge is 0.228 e. The Morgan fingerprint density at radius 3 is 1.45 bits per heavy atom. The van der Waals surface area contributed by atoms with Crippen LogP contribution in [0.2, 0.25) is 0 Å². The van der Waals surface area contributed by atoms with E-state index in [1.165, 1.54) is 57.0 Å². The molecule has 0 unspecified atom stereocenters. The van der Waals surface area contributed by atoms with Crippen molar-refractivity contribution in [2.75, 3.05) is 0 Å². The van der Waals surface area contributed by atoms with Crippen molar-refractivity contribution in [1.82, 2.24) is 9.97 Å². The smallest absolute Gasteiger partial charge is 0.160 e. The van der Waals surface area contributed by atoms with Crippen LogP contribution in [-0.2, 0) is 0 Å². The molecular formula is C52H32N2S2. The molecule has 0 aliphatic carbocycles. The lowest BCUT2D eigenvalue weighted by atomic mass is 9.92. The van der Waals surface area contributed by atoms with Crippen molar-refractivity contribution in [3.05, 3.63) is 194 Å². The zero-order chi connectivity index (χ0) is 37.0. The first-order valence-corrected chi connectivity index (χ1v) is 20.4. The van der Waals surface area contributed by atoms with Crippen LogP contribution >= 0.6 is 22.7 Å². The van der Waals surface area contributed by atoms with Crippen LogP contribution in [0.4, 0.5) is 0 Å². The van der Waals surface area contributed by atoms with Gasteiger partial charge >= 0.3 is 0 Å². The molecule has 8 aromatic carbocycles. The van der Waals surface area contributed by atoms with Crippen LogP contribution in [0, 0.1) is 0 Å². The van der Waals surface area contributed by atoms with E-state index in [4.69, 9.17) is 9.97 Å². The van der Waals surface area contributed by atoms with E-state index in [1.54, 1.807) is 0 Å². The van der Waals surface area contributed by atoms with Crippen molar-refractivity contribution in [1.29, 1.82) is 0 Å². The first kappa shape index (κ1) is 32.7. The number of nitrogens with zero attached hydrogens (tertiary/aromatic N) is 2. The van der Waals surface area contributed by atoms with Crippen LogP contribution in [0.25, 0.3) is 108 Å². The van der Waals surface area contributed by atoms with Gasteiger partial charge in [-0.2, -0.15) is 0 Å². The lowest BCUT2D eigenvalue weighted by Gasteiger charge is -2.14. The van der Waals surface area contributed by atoms with E-state index in [0.29, 0.717) is 5.82 Å². The monoisotopic (exact) mass is 748 g/mol. The van der Waals surface area contributed by atoms with Gasteiger partial charge < -0.3 is 0 Å². The summed E-state index contributed by atoms with van der Waals surface area (Å²) >= 11 is 3.69. The van der Waals surface area contributed by atoms with Crippen LogP contribution < -0.4 is 0 Å². The van der Waals surface area contributed by atoms with Crippen molar-refractivity contribution >= 4 is 63.0 Å². The van der Waals surface area contributed by atoms with Crippen LogP contribution in [0.1, 0.15) is 0 Å². The van der Waals surface area contributed by atoms with Crippen LogP contribution in [0.3, 0.4) is 0 Å². The number of aromatic nitrogens is 2. The summed E-state index contributed by atoms with van der Waals surface area (Å²) < 4.78 is 5.10. The predicted molar refractivity (Wildman–Crippen MR) is 240 cm³/mol. The molecule has 0 saturated carbocycles. The molecule has 11 aromatic rings. The molecule has 2 nitrogen and oxygen atoms in total. The highest BCUT2D eigenvalue weighted by molar-refractivity contribution is 7.26. The standard InChI is InChI=1S/C52H32N2S2/c1-3-14-33(15-4-1)35-18-11-19-36(28-35)37-29-38(40-22-12-23-43-41-20-7-9-26-48(41)55-50(40)43)31-39(30-37)46-32-47(54-52(53-46)34-16-5-2-6-17-34)45-25-13-24-44-42-21-8-10-27-49(42)56-51(44)45/h1-32H. The highest BCUT2D eigenvalue weighted by Crippen LogP contribution is 2.44. The van der Waals surface area contributed by atoms with Gasteiger partial charge in [0.2, 0.25) is 0 Å². The summed E-state index contributed by atoms with van der Waals surface area (Å²) in [6.45, 7) is 0. The second kappa shape index (κ2) is 13.5. The normalized spacial score (nSPS) is 11.6. The lowest BCUT2D eigenvalue weighted by molar-refractivity contribution is 1.19. The molecule has 3 aromatic heterocycles. The predicted octanol–water partition coefficient (Wildman–Crippen LogP) is 15.2. The molecule has 0 radical (unpaired) electrons. The van der Waals surface area contributed by atoms with Gasteiger partial charge in [-0.1, -0.05) is 152 Å². The molecule has 0 N–H and O–H groups in total. The van der Waals surface area contributed by atoms with Gasteiger partial charge in [0.1, 0.15) is 0 Å². The molecule has 4 heteroatoms. The Labute approximate surface area is 332 Å². The molecule has 0 saturated heterocycles. The number of hydrogen-bond acceptors (Lipinski definition) is 4. The fourth-order valence-corrected chi connectivity index (χ4v) is 10.4. The zero-order valence-electron chi connectivity index (χ0n) is 30.2. The molecule has 3 heterocycles. The van der Waals surface area contributed by atoms with Crippen LogP contribution in [0.15, 0.2) is 194 Å². The number of thiophene rings is 2. The van der Waals surface area contributed by atoms with Crippen molar-refractivity contribution < 1.29 is 0 Å². The average Bonchev–Trinajstić information content (AvgIpc) is 3.86. The molecule has 0 spiro atoms. The third-order valence-corrected chi connectivity index (χ3v) is 13.1. The Balaban J connectivity index is 1.17. The minimum Gasteiger partial charge on any atom is -0.228 e. The molecule has 0 amide bonds. The van der Waals surface area contributed by atoms with Crippen molar-refractivity contribution in [3.8, 4) is 67.3 Å². The summed E-state index contributed by atoms with van der Waals surface area (Å²) in [5, 5.41) is 5.11. The van der Waals surface area contributed by atoms with Crippen LogP contribution in [0.5, 0.6) is 0 Å². The zero-order valence-corrected chi connectivity index (χ0v) is 31.8. The Morgan fingerprint density at radius 2 is 0.750 bits per heavy atom. The first-order valence-electron chi connectivity index (χ1n) is 18.8. The molecule has 0 bridgehead atoms. The third-order valence-electron chi connectivity index (χ3n) is 10.7. The minimum absolute atomic E-state index is 0.709. The number of hydrogen-bond donors (Lipinski definition) is 0. The summed E-state index contributed by atoms with van der Waals surface area (Å²) in [4.78, 5) is 10.6. The quantitative estimate of drug-likeness (QED) is 0.169. The summed E-state index contributed by atoms with van der Waals surface area (Å²) in [5.74, 6) is 0.709. The van der Waals surface area contributed by atoms with E-state index in [2.05, 4.69) is 188 Å². The molecule has 11 rings (SSSR count). The van der Waals surface area contributed by atoms with Crippen molar-refractivity contribution in [2.24, 2.45) is 0 Å². The van der Waals surface area contributed by atoms with Gasteiger partial charge in [-0.3, -0.25) is 0 Å². The number of benzene rings is 8. The Kier molecular flexibility index (Phi) is 7.90. The maximum absolute atomic E-state index is 5.35. The van der Waals surface area contributed by atoms with Gasteiger partial charge in [0.05, 0.1) is 11.4 Å². The second-order valence-corrected chi connectivity index (χ2v) is 16.2. The lowest BCUT2D eigenvalue weighted by Crippen LogP contribution is -1.96. The molecule has 0 fully saturated rings. The SMILES string of the molecule is c1ccc(-c2cccc(-c3cc(-c4cc(-c5cccc6c5sc5ccccc56)nc(-c5ccccc5)n4)cc(-c4cccc5c4sc4ccccc45)c3)c2)cc1. The maximum atomic E-state index is 5.35. The maximum Gasteiger partial charge on any atom is 0.160 e. The fourth-order valence-electron chi connectivity index (χ4n) is 7.98. The summed E-state index contributed by atoms with van der Waals surface area (Å²) in [6.07, 6.45) is 0. The van der Waals surface area contributed by atoms with Gasteiger partial charge in [0.25, 0.3) is 0 Å². The van der Waals surface area contributed by atoms with Crippen molar-refractivity contribution in [2.45, 2.75) is 0 Å². The summed E-state index contributed by atoms with van der Waals surface area (Å²) in [7, 11) is 0. The minimum atomic E-state index is 0.709. The average molecular weight is 749 g/mol. The molecule has 0 atom stereocenters. The van der Waals surface area contributed by atoms with E-state index in [1.807, 2.05) is 28.7 Å². The number of fused-ring (bicyclic) bond motifs is 6. The van der Waals surface area contributed by atoms with Gasteiger partial charge in [-0.25, -0.2) is 9.97 Å². The topological polar surface area (TPSA) is 25.8 Å². The molecule has 262 valence electrons. The molecule has 0 aliphatic rings. The Bertz CT molecular complexity index is 3250. The first-order chi connectivity index (χ1) is 27.7. The van der Waals surface area contributed by atoms with Gasteiger partial charge in [0, 0.05) is 57.0 Å². The highest BCUT2D eigenvalue weighted by Gasteiger charge is 2.18. The van der Waals surface area contributed by atoms with Crippen LogP contribution in [-0.4, -0.2) is 9.97 Å². The molecular weight excluding hydrogens is 717 g/mol. The van der Waals surface area contributed by atoms with E-state index in [9.17, 15) is 0 Å². The Hall–Kier alpha value is -6.72. The highest BCUT2D eigenvalue weighted by atomic mass is 32.1. The third kappa shape index (κ3) is 5.70. The summed E-state index contributed by atoms with van der Waals surface area (Å²) in [5.41, 5.74) is 12.0. The molecule has 56 heavy (non-hydrogen) atoms. The summed E-state index contributed by atoms with van der Waals surface area (Å²) in [6, 6.07) is 69.7. The molecule has 0 aliphatic heterocycles. The van der Waals surface area contributed by atoms with E-state index >= 15 is 0 Å². The van der Waals surface area contributed by atoms with E-state index in [-0.39, 0.29) is 0 Å². The fraction of sp³-hybridized carbons (Fsp3) is 0. The van der Waals surface area contributed by atoms with E-state index in [0.717, 1.165) is 44.8 Å². The van der Waals surface area contributed by atoms with E-state index < -0.39 is 0 Å². The van der Waals surface area contributed by atoms with Crippen molar-refractivity contribution in [3.63, 3.8) is 0 Å². The number of rotatable bonds is 6. The van der Waals surface area contributed by atoms with Gasteiger partial charge in [-0.05, 0) is 75.8 Å². The van der Waals surface area contributed by atoms with Gasteiger partial charge in [-0.15, -0.1) is 22.7 Å².